The molecule has 0 saturated carbocycles. The Morgan fingerprint density at radius 3 is 1.41 bits per heavy atom. The van der Waals surface area contributed by atoms with Crippen molar-refractivity contribution < 1.29 is 73.8 Å². The van der Waals surface area contributed by atoms with Crippen LogP contribution in [0.4, 0.5) is 0 Å². The molecular formula is C130H87N15O2Pt2-4. The summed E-state index contributed by atoms with van der Waals surface area (Å²) in [5.74, 6) is 3.05. The van der Waals surface area contributed by atoms with Gasteiger partial charge in [-0.3, -0.25) is 9.13 Å². The Balaban J connectivity index is 0.000000132. The van der Waals surface area contributed by atoms with Gasteiger partial charge < -0.3 is 50.0 Å². The maximum Gasteiger partial charge on any atom is 0.268 e. The van der Waals surface area contributed by atoms with E-state index in [0.29, 0.717) is 44.9 Å². The van der Waals surface area contributed by atoms with E-state index in [1.165, 1.54) is 32.8 Å². The third-order valence-electron chi connectivity index (χ3n) is 28.5. The van der Waals surface area contributed by atoms with Gasteiger partial charge in [-0.2, -0.15) is 6.07 Å². The van der Waals surface area contributed by atoms with Gasteiger partial charge in [0, 0.05) is 98.3 Å². The molecule has 0 aliphatic rings. The van der Waals surface area contributed by atoms with Gasteiger partial charge in [-0.1, -0.05) is 347 Å². The topological polar surface area (TPSA) is 140 Å². The fourth-order valence-electron chi connectivity index (χ4n) is 21.7. The van der Waals surface area contributed by atoms with Crippen LogP contribution in [0.15, 0.2) is 421 Å². The van der Waals surface area contributed by atoms with Crippen molar-refractivity contribution in [2.24, 2.45) is 0 Å². The summed E-state index contributed by atoms with van der Waals surface area (Å²) in [6.07, 6.45) is 11.0. The summed E-state index contributed by atoms with van der Waals surface area (Å²) in [6.45, 7) is 13.2. The van der Waals surface area contributed by atoms with Gasteiger partial charge in [0.15, 0.2) is 5.78 Å². The fraction of sp³-hybridized carbons (Fsp3) is 0.0615. The Morgan fingerprint density at radius 2 is 0.812 bits per heavy atom. The first-order valence-corrected chi connectivity index (χ1v) is 48.8. The molecule has 0 aliphatic carbocycles. The number of nitrogens with zero attached hydrogens (tertiary/aromatic N) is 14. The first-order chi connectivity index (χ1) is 76.3. The zero-order valence-electron chi connectivity index (χ0n) is 90.7. The zero-order valence-corrected chi connectivity index (χ0v) is 85.2. The minimum absolute atomic E-state index is 0. The second kappa shape index (κ2) is 35.0. The first kappa shape index (κ1) is 79.5. The number of H-pyrrole nitrogens is 1. The van der Waals surface area contributed by atoms with Crippen LogP contribution in [-0.4, -0.2) is 61.1 Å². The molecule has 13 aromatic heterocycles. The molecule has 13 heterocycles. The van der Waals surface area contributed by atoms with E-state index in [2.05, 4.69) is 309 Å². The molecule has 0 amide bonds. The number of hydrogen-bond acceptors (Lipinski definition) is 6. The van der Waals surface area contributed by atoms with Crippen LogP contribution >= 0.6 is 0 Å². The average Bonchev–Trinajstić information content (AvgIpc) is 1.53. The summed E-state index contributed by atoms with van der Waals surface area (Å²) in [5.41, 5.74) is 25.9. The molecule has 1 N–H and O–H groups in total. The van der Waals surface area contributed by atoms with E-state index in [9.17, 15) is 5.48 Å². The molecule has 0 bridgehead atoms. The summed E-state index contributed by atoms with van der Waals surface area (Å²) < 4.78 is 123. The van der Waals surface area contributed by atoms with Crippen LogP contribution in [0.25, 0.3) is 255 Å². The quantitative estimate of drug-likeness (QED) is 0.107. The van der Waals surface area contributed by atoms with Gasteiger partial charge in [0.2, 0.25) is 5.78 Å². The standard InChI is InChI=1S/C65H43N7O.C37H22N3O.C28H22N5.2Pt/c1-65(2,3)43-33-34-66-61(35-43)70-52-28-13-10-23-47(52)49-38-57-58(39-56(49)70)72(64-67-51-27-12-14-29-53(51)71(57)64)59-37-44(36-50-48-24-11-17-32-60(48)73-63(50)59)68-40-69(55-31-16-15-30-54(55)68)62-45(41-19-6-4-7-20-41)25-18-26-46(62)42-21-8-5-9-22-42;1-4-14-30-26(11-1)27-12-2-5-15-31(27)40(30)35-19-9-8-18-34(35)39-24-38(32-16-6-7-17-33(32)39)25-21-22-37-29(23-25)28-13-3-10-20-36(28)41-37;1-28(2,3)17-12-13-29-26(14-17)32-22-10-6-4-8-18(22)19-15-25-21(16-24(19)32)31-27-30-20-9-5-7-11-23(20)33(25)27;;/h4-36,38H,1-3H3;1-20,22-23H;4-15H,1-3H3,(H,30,31);;/q-2;2*-1;;/i4D,5D,6D,7D,8D,9D,19D,20D,21D,22D;;;;. The number of aromatic nitrogens is 15. The van der Waals surface area contributed by atoms with Gasteiger partial charge in [-0.05, 0) is 191 Å². The molecule has 718 valence electrons. The van der Waals surface area contributed by atoms with Crippen molar-refractivity contribution in [1.82, 2.24) is 61.1 Å². The van der Waals surface area contributed by atoms with Crippen LogP contribution in [0.2, 0.25) is 0 Å². The van der Waals surface area contributed by atoms with Gasteiger partial charge in [-0.25, -0.2) is 19.9 Å². The average molecular weight is 2290 g/mol. The SMILES string of the molecule is CC(C)(C)c1ccnc(-n2c3[c-]c4[nH]c5nc6ccccc6n5c4cc3c3ccccc32)c1.[2H]c1c([2H])c([2H])c(-c2cccc(-c3c([2H])c([2H])c([2H])c([2H])c3[2H])c2-[n+]2[c-]n(-c3[c-]c(-n4c5[c-]c6c(cc5n5c7ccccc7nc45)c4ccccc4n6-c4cc(C(C)(C)C)ccn4)c4oc5ccccc5c4c3)c3ccccc32)c([2H])c1[2H].[Pt].[Pt].[c-]1cc2oc3ccccc3c2cc1-n1[c-][n+](-c2ccccc2-n2c3ccccc3c3ccccc32)c2ccccc21. The molecule has 0 aliphatic heterocycles. The molecule has 31 aromatic rings. The minimum Gasteiger partial charge on any atom is -0.516 e. The number of imidazole rings is 6. The van der Waals surface area contributed by atoms with Crippen molar-refractivity contribution in [3.05, 3.63) is 461 Å². The van der Waals surface area contributed by atoms with Crippen molar-refractivity contribution in [2.45, 2.75) is 52.4 Å². The minimum atomic E-state index is -0.583. The van der Waals surface area contributed by atoms with Crippen LogP contribution in [0, 0.1) is 36.9 Å². The van der Waals surface area contributed by atoms with E-state index in [-0.39, 0.29) is 80.9 Å². The van der Waals surface area contributed by atoms with Crippen molar-refractivity contribution in [2.75, 3.05) is 0 Å². The molecule has 0 spiro atoms. The number of hydrogen-bond donors (Lipinski definition) is 1. The number of furan rings is 2. The van der Waals surface area contributed by atoms with Crippen molar-refractivity contribution in [3.63, 3.8) is 0 Å². The van der Waals surface area contributed by atoms with E-state index in [0.717, 1.165) is 161 Å². The number of benzene rings is 18. The molecule has 0 atom stereocenters. The van der Waals surface area contributed by atoms with Crippen molar-refractivity contribution in [3.8, 4) is 68.0 Å². The molecule has 0 fully saturated rings. The third kappa shape index (κ3) is 14.3. The van der Waals surface area contributed by atoms with E-state index >= 15 is 0 Å². The fourth-order valence-corrected chi connectivity index (χ4v) is 21.7. The summed E-state index contributed by atoms with van der Waals surface area (Å²) in [5, 5.41) is 10.5. The van der Waals surface area contributed by atoms with E-state index < -0.39 is 60.4 Å². The summed E-state index contributed by atoms with van der Waals surface area (Å²) in [4.78, 5) is 23.4. The van der Waals surface area contributed by atoms with Crippen molar-refractivity contribution >= 4 is 187 Å². The summed E-state index contributed by atoms with van der Waals surface area (Å²) in [7, 11) is 0. The van der Waals surface area contributed by atoms with Gasteiger partial charge in [0.05, 0.1) is 85.9 Å². The molecule has 0 radical (unpaired) electrons. The predicted molar refractivity (Wildman–Crippen MR) is 592 cm³/mol. The first-order valence-electron chi connectivity index (χ1n) is 53.8. The second-order valence-corrected chi connectivity index (χ2v) is 39.1. The molecule has 17 nitrogen and oxygen atoms in total. The molecule has 0 saturated heterocycles. The van der Waals surface area contributed by atoms with Gasteiger partial charge in [0.25, 0.3) is 12.7 Å². The number of rotatable bonds is 10. The second-order valence-electron chi connectivity index (χ2n) is 39.1. The van der Waals surface area contributed by atoms with E-state index in [1.54, 1.807) is 22.8 Å². The number of nitrogens with one attached hydrogen (secondary N) is 1. The number of aromatic amines is 1. The van der Waals surface area contributed by atoms with Gasteiger partial charge >= 0.3 is 0 Å². The van der Waals surface area contributed by atoms with Crippen LogP contribution < -0.4 is 9.13 Å². The van der Waals surface area contributed by atoms with Crippen LogP contribution in [0.3, 0.4) is 0 Å². The Bertz CT molecular complexity index is 11400. The third-order valence-corrected chi connectivity index (χ3v) is 28.5. The smallest absolute Gasteiger partial charge is 0.268 e. The predicted octanol–water partition coefficient (Wildman–Crippen LogP) is 30.1. The van der Waals surface area contributed by atoms with Gasteiger partial charge in [0.1, 0.15) is 22.8 Å². The maximum atomic E-state index is 9.23. The van der Waals surface area contributed by atoms with Gasteiger partial charge in [-0.15, -0.1) is 48.5 Å². The van der Waals surface area contributed by atoms with E-state index in [1.807, 2.05) is 149 Å². The monoisotopic (exact) mass is 2290 g/mol. The maximum absolute atomic E-state index is 9.23. The number of pyridine rings is 2. The largest absolute Gasteiger partial charge is 0.516 e. The summed E-state index contributed by atoms with van der Waals surface area (Å²) >= 11 is 0. The Labute approximate surface area is 896 Å². The summed E-state index contributed by atoms with van der Waals surface area (Å²) in [6, 6.07) is 124. The molecule has 19 heteroatoms. The van der Waals surface area contributed by atoms with Crippen LogP contribution in [-0.2, 0) is 53.0 Å². The van der Waals surface area contributed by atoms with Crippen LogP contribution in [0.1, 0.15) is 66.4 Å². The number of fused-ring (bicyclic) bond motifs is 27. The normalized spacial score (nSPS) is 13.1. The molecule has 31 rings (SSSR count). The Kier molecular flexibility index (Phi) is 18.6. The number of para-hydroxylation sites is 17. The molecular weight excluding hydrogens is 2190 g/mol. The Hall–Kier alpha value is -17.9. The Morgan fingerprint density at radius 1 is 0.349 bits per heavy atom. The van der Waals surface area contributed by atoms with Crippen molar-refractivity contribution in [1.29, 1.82) is 0 Å². The zero-order chi connectivity index (χ0) is 106. The molecule has 149 heavy (non-hydrogen) atoms. The van der Waals surface area contributed by atoms with Crippen LogP contribution in [0.5, 0.6) is 0 Å². The molecule has 18 aromatic carbocycles. The molecule has 0 unspecified atom stereocenters. The van der Waals surface area contributed by atoms with E-state index in [4.69, 9.17) is 37.0 Å².